The summed E-state index contributed by atoms with van der Waals surface area (Å²) >= 11 is 1.69. The van der Waals surface area contributed by atoms with Crippen LogP contribution in [0.3, 0.4) is 0 Å². The average molecular weight is 332 g/mol. The molecule has 0 bridgehead atoms. The topological polar surface area (TPSA) is 51.2 Å². The molecule has 1 aliphatic heterocycles. The summed E-state index contributed by atoms with van der Waals surface area (Å²) in [5, 5.41) is 8.74. The van der Waals surface area contributed by atoms with Crippen LogP contribution in [0, 0.1) is 0 Å². The normalized spacial score (nSPS) is 16.1. The lowest BCUT2D eigenvalue weighted by atomic mass is 10.3. The standard InChI is InChI=1S/C18H20O4S/c19-10-1-11-20-14-2-6-17(7-3-14)23-18-8-4-15(5-9-18)21-12-16-13-22-16/h2-9,16,19H,1,10-13H2. The van der Waals surface area contributed by atoms with Crippen molar-refractivity contribution in [3.05, 3.63) is 48.5 Å². The van der Waals surface area contributed by atoms with Gasteiger partial charge < -0.3 is 19.3 Å². The molecular weight excluding hydrogens is 312 g/mol. The van der Waals surface area contributed by atoms with Crippen LogP contribution in [0.15, 0.2) is 58.3 Å². The summed E-state index contributed by atoms with van der Waals surface area (Å²) in [4.78, 5) is 2.31. The number of benzene rings is 2. The number of hydrogen-bond donors (Lipinski definition) is 1. The summed E-state index contributed by atoms with van der Waals surface area (Å²) in [6.45, 7) is 2.13. The highest BCUT2D eigenvalue weighted by atomic mass is 32.2. The van der Waals surface area contributed by atoms with Gasteiger partial charge in [0.2, 0.25) is 0 Å². The van der Waals surface area contributed by atoms with Gasteiger partial charge in [-0.2, -0.15) is 0 Å². The van der Waals surface area contributed by atoms with Crippen molar-refractivity contribution in [2.75, 3.05) is 26.4 Å². The molecule has 1 aliphatic rings. The van der Waals surface area contributed by atoms with Gasteiger partial charge in [-0.25, -0.2) is 0 Å². The minimum absolute atomic E-state index is 0.154. The Morgan fingerprint density at radius 3 is 2.04 bits per heavy atom. The molecule has 1 heterocycles. The highest BCUT2D eigenvalue weighted by Crippen LogP contribution is 2.30. The lowest BCUT2D eigenvalue weighted by Crippen LogP contribution is -2.03. The first-order chi connectivity index (χ1) is 11.3. The highest BCUT2D eigenvalue weighted by Gasteiger charge is 2.22. The lowest BCUT2D eigenvalue weighted by Gasteiger charge is -2.07. The number of epoxide rings is 1. The summed E-state index contributed by atoms with van der Waals surface area (Å²) in [6, 6.07) is 16.0. The van der Waals surface area contributed by atoms with Crippen molar-refractivity contribution in [3.63, 3.8) is 0 Å². The van der Waals surface area contributed by atoms with E-state index in [0.717, 1.165) is 27.9 Å². The molecule has 1 N–H and O–H groups in total. The van der Waals surface area contributed by atoms with E-state index in [0.29, 0.717) is 19.6 Å². The fourth-order valence-corrected chi connectivity index (χ4v) is 2.77. The lowest BCUT2D eigenvalue weighted by molar-refractivity contribution is 0.233. The van der Waals surface area contributed by atoms with Crippen molar-refractivity contribution in [1.82, 2.24) is 0 Å². The molecular formula is C18H20O4S. The zero-order valence-electron chi connectivity index (χ0n) is 12.8. The van der Waals surface area contributed by atoms with Crippen LogP contribution in [0.5, 0.6) is 11.5 Å². The quantitative estimate of drug-likeness (QED) is 0.563. The second-order valence-electron chi connectivity index (χ2n) is 5.24. The van der Waals surface area contributed by atoms with E-state index in [1.807, 2.05) is 36.4 Å². The number of ether oxygens (including phenoxy) is 3. The van der Waals surface area contributed by atoms with Crippen molar-refractivity contribution in [1.29, 1.82) is 0 Å². The Hall–Kier alpha value is -1.69. The molecule has 122 valence electrons. The molecule has 1 fully saturated rings. The van der Waals surface area contributed by atoms with Gasteiger partial charge in [-0.15, -0.1) is 0 Å². The minimum Gasteiger partial charge on any atom is -0.494 e. The first-order valence-corrected chi connectivity index (χ1v) is 8.51. The van der Waals surface area contributed by atoms with Gasteiger partial charge in [0.1, 0.15) is 24.2 Å². The van der Waals surface area contributed by atoms with Crippen molar-refractivity contribution >= 4 is 11.8 Å². The van der Waals surface area contributed by atoms with Gasteiger partial charge in [0.15, 0.2) is 0 Å². The molecule has 4 nitrogen and oxygen atoms in total. The maximum atomic E-state index is 8.74. The zero-order chi connectivity index (χ0) is 15.9. The smallest absolute Gasteiger partial charge is 0.119 e. The molecule has 2 aromatic carbocycles. The van der Waals surface area contributed by atoms with E-state index in [-0.39, 0.29) is 12.7 Å². The van der Waals surface area contributed by atoms with Crippen molar-refractivity contribution < 1.29 is 19.3 Å². The molecule has 1 saturated heterocycles. The summed E-state index contributed by atoms with van der Waals surface area (Å²) < 4.78 is 16.3. The monoisotopic (exact) mass is 332 g/mol. The molecule has 0 spiro atoms. The number of aliphatic hydroxyl groups excluding tert-OH is 1. The summed E-state index contributed by atoms with van der Waals surface area (Å²) in [7, 11) is 0. The maximum Gasteiger partial charge on any atom is 0.119 e. The third-order valence-electron chi connectivity index (χ3n) is 3.29. The van der Waals surface area contributed by atoms with E-state index in [4.69, 9.17) is 19.3 Å². The second-order valence-corrected chi connectivity index (χ2v) is 6.38. The zero-order valence-corrected chi connectivity index (χ0v) is 13.6. The van der Waals surface area contributed by atoms with Crippen LogP contribution < -0.4 is 9.47 Å². The molecule has 2 aromatic rings. The van der Waals surface area contributed by atoms with Gasteiger partial charge in [0.25, 0.3) is 0 Å². The van der Waals surface area contributed by atoms with Crippen LogP contribution in [-0.2, 0) is 4.74 Å². The van der Waals surface area contributed by atoms with Gasteiger partial charge in [-0.1, -0.05) is 11.8 Å². The van der Waals surface area contributed by atoms with E-state index in [9.17, 15) is 0 Å². The summed E-state index contributed by atoms with van der Waals surface area (Å²) in [5.74, 6) is 1.70. The molecule has 0 amide bonds. The fourth-order valence-electron chi connectivity index (χ4n) is 1.95. The van der Waals surface area contributed by atoms with E-state index >= 15 is 0 Å². The molecule has 0 aromatic heterocycles. The van der Waals surface area contributed by atoms with Gasteiger partial charge in [-0.3, -0.25) is 0 Å². The van der Waals surface area contributed by atoms with Crippen LogP contribution in [0.25, 0.3) is 0 Å². The summed E-state index contributed by atoms with van der Waals surface area (Å²) in [5.41, 5.74) is 0. The number of aliphatic hydroxyl groups is 1. The van der Waals surface area contributed by atoms with E-state index < -0.39 is 0 Å². The Morgan fingerprint density at radius 1 is 0.957 bits per heavy atom. The van der Waals surface area contributed by atoms with E-state index in [2.05, 4.69) is 12.1 Å². The Morgan fingerprint density at radius 2 is 1.52 bits per heavy atom. The predicted octanol–water partition coefficient (Wildman–Crippen LogP) is 3.38. The molecule has 1 atom stereocenters. The molecule has 5 heteroatoms. The van der Waals surface area contributed by atoms with Crippen molar-refractivity contribution in [2.45, 2.75) is 22.3 Å². The van der Waals surface area contributed by atoms with Crippen LogP contribution in [0.1, 0.15) is 6.42 Å². The molecule has 3 rings (SSSR count). The second kappa shape index (κ2) is 8.24. The Labute approximate surface area is 140 Å². The largest absolute Gasteiger partial charge is 0.494 e. The highest BCUT2D eigenvalue weighted by molar-refractivity contribution is 7.99. The fraction of sp³-hybridized carbons (Fsp3) is 0.333. The first kappa shape index (κ1) is 16.2. The van der Waals surface area contributed by atoms with Gasteiger partial charge >= 0.3 is 0 Å². The molecule has 0 saturated carbocycles. The molecule has 23 heavy (non-hydrogen) atoms. The molecule has 0 aliphatic carbocycles. The Bertz CT molecular complexity index is 593. The predicted molar refractivity (Wildman–Crippen MR) is 89.4 cm³/mol. The third-order valence-corrected chi connectivity index (χ3v) is 4.31. The number of rotatable bonds is 9. The van der Waals surface area contributed by atoms with Crippen LogP contribution in [0.2, 0.25) is 0 Å². The van der Waals surface area contributed by atoms with Crippen LogP contribution in [0.4, 0.5) is 0 Å². The third kappa shape index (κ3) is 5.46. The first-order valence-electron chi connectivity index (χ1n) is 7.69. The number of hydrogen-bond acceptors (Lipinski definition) is 5. The molecule has 1 unspecified atom stereocenters. The van der Waals surface area contributed by atoms with Crippen LogP contribution in [-0.4, -0.2) is 37.6 Å². The molecule has 0 radical (unpaired) electrons. The Balaban J connectivity index is 1.49. The van der Waals surface area contributed by atoms with Crippen molar-refractivity contribution in [2.24, 2.45) is 0 Å². The van der Waals surface area contributed by atoms with Crippen molar-refractivity contribution in [3.8, 4) is 11.5 Å². The van der Waals surface area contributed by atoms with E-state index in [1.165, 1.54) is 0 Å². The van der Waals surface area contributed by atoms with Crippen LogP contribution >= 0.6 is 11.8 Å². The SMILES string of the molecule is OCCCOc1ccc(Sc2ccc(OCC3CO3)cc2)cc1. The van der Waals surface area contributed by atoms with E-state index in [1.54, 1.807) is 11.8 Å². The van der Waals surface area contributed by atoms with Gasteiger partial charge in [0.05, 0.1) is 13.2 Å². The average Bonchev–Trinajstić information content (AvgIpc) is 3.40. The Kier molecular flexibility index (Phi) is 5.80. The van der Waals surface area contributed by atoms with Gasteiger partial charge in [0, 0.05) is 22.8 Å². The summed E-state index contributed by atoms with van der Waals surface area (Å²) in [6.07, 6.45) is 0.930. The minimum atomic E-state index is 0.154. The van der Waals surface area contributed by atoms with Gasteiger partial charge in [-0.05, 0) is 48.5 Å². The maximum absolute atomic E-state index is 8.74.